The number of hydrogen-bond donors (Lipinski definition) is 0. The minimum absolute atomic E-state index is 0.926. The van der Waals surface area contributed by atoms with Gasteiger partial charge >= 0.3 is 0 Å². The quantitative estimate of drug-likeness (QED) is 0.631. The molecular weight excluding hydrogens is 184 g/mol. The van der Waals surface area contributed by atoms with Crippen molar-refractivity contribution in [3.8, 4) is 0 Å². The molecule has 1 saturated carbocycles. The van der Waals surface area contributed by atoms with E-state index in [-0.39, 0.29) is 0 Å². The van der Waals surface area contributed by atoms with Crippen LogP contribution in [0.4, 0.5) is 0 Å². The van der Waals surface area contributed by atoms with E-state index < -0.39 is 0 Å². The molecule has 0 aromatic heterocycles. The number of likely N-dealkylation sites (N-methyl/N-ethyl adjacent to an activating group) is 1. The van der Waals surface area contributed by atoms with Crippen LogP contribution in [0.25, 0.3) is 0 Å². The zero-order valence-electron chi connectivity index (χ0n) is 9.73. The van der Waals surface area contributed by atoms with E-state index in [4.69, 9.17) is 0 Å². The molecule has 84 valence electrons. The third-order valence-electron chi connectivity index (χ3n) is 4.50. The van der Waals surface area contributed by atoms with Gasteiger partial charge in [-0.1, -0.05) is 12.2 Å². The fraction of sp³-hybridized carbons (Fsp3) is 0.846. The van der Waals surface area contributed by atoms with Gasteiger partial charge in [-0.3, -0.25) is 0 Å². The van der Waals surface area contributed by atoms with Crippen molar-refractivity contribution in [2.24, 2.45) is 17.8 Å². The first-order valence-corrected chi connectivity index (χ1v) is 6.40. The van der Waals surface area contributed by atoms with Crippen LogP contribution in [0.15, 0.2) is 12.2 Å². The summed E-state index contributed by atoms with van der Waals surface area (Å²) in [5.74, 6) is 2.84. The summed E-state index contributed by atoms with van der Waals surface area (Å²) in [4.78, 5) is 5.12. The van der Waals surface area contributed by atoms with Crippen molar-refractivity contribution in [3.05, 3.63) is 12.2 Å². The minimum Gasteiger partial charge on any atom is -0.304 e. The molecule has 0 amide bonds. The molecule has 1 saturated heterocycles. The third-order valence-corrected chi connectivity index (χ3v) is 4.50. The van der Waals surface area contributed by atoms with Crippen LogP contribution in [0.5, 0.6) is 0 Å². The van der Waals surface area contributed by atoms with Gasteiger partial charge in [0.05, 0.1) is 0 Å². The Morgan fingerprint density at radius 3 is 2.47 bits per heavy atom. The lowest BCUT2D eigenvalue weighted by molar-refractivity contribution is 0.130. The molecule has 2 bridgehead atoms. The second kappa shape index (κ2) is 3.91. The summed E-state index contributed by atoms with van der Waals surface area (Å²) in [6.07, 6.45) is 7.85. The van der Waals surface area contributed by atoms with E-state index >= 15 is 0 Å². The maximum Gasteiger partial charge on any atom is 0.0110 e. The van der Waals surface area contributed by atoms with Crippen LogP contribution in [-0.4, -0.2) is 49.6 Å². The number of allylic oxidation sites excluding steroid dienone is 2. The Labute approximate surface area is 92.9 Å². The van der Waals surface area contributed by atoms with Crippen molar-refractivity contribution >= 4 is 0 Å². The van der Waals surface area contributed by atoms with Crippen molar-refractivity contribution in [1.82, 2.24) is 9.80 Å². The monoisotopic (exact) mass is 206 g/mol. The Kier molecular flexibility index (Phi) is 2.57. The molecule has 0 radical (unpaired) electrons. The molecule has 0 spiro atoms. The highest BCUT2D eigenvalue weighted by Crippen LogP contribution is 2.43. The molecular formula is C13H22N2. The van der Waals surface area contributed by atoms with Crippen LogP contribution in [0.3, 0.4) is 0 Å². The van der Waals surface area contributed by atoms with E-state index in [9.17, 15) is 0 Å². The second-order valence-corrected chi connectivity index (χ2v) is 5.64. The van der Waals surface area contributed by atoms with Gasteiger partial charge in [-0.15, -0.1) is 0 Å². The van der Waals surface area contributed by atoms with Crippen LogP contribution in [0.1, 0.15) is 12.8 Å². The van der Waals surface area contributed by atoms with E-state index in [1.54, 1.807) is 0 Å². The van der Waals surface area contributed by atoms with Gasteiger partial charge in [0.15, 0.2) is 0 Å². The molecule has 3 rings (SSSR count). The Balaban J connectivity index is 1.51. The van der Waals surface area contributed by atoms with Crippen molar-refractivity contribution in [2.45, 2.75) is 12.8 Å². The summed E-state index contributed by atoms with van der Waals surface area (Å²) >= 11 is 0. The maximum atomic E-state index is 2.68. The Morgan fingerprint density at radius 2 is 1.87 bits per heavy atom. The minimum atomic E-state index is 0.926. The van der Waals surface area contributed by atoms with Gasteiger partial charge in [-0.05, 0) is 37.6 Å². The van der Waals surface area contributed by atoms with Crippen LogP contribution < -0.4 is 0 Å². The van der Waals surface area contributed by atoms with E-state index in [2.05, 4.69) is 29.0 Å². The molecule has 2 nitrogen and oxygen atoms in total. The normalized spacial score (nSPS) is 41.5. The fourth-order valence-corrected chi connectivity index (χ4v) is 3.47. The summed E-state index contributed by atoms with van der Waals surface area (Å²) in [5.41, 5.74) is 0. The van der Waals surface area contributed by atoms with Gasteiger partial charge in [0.25, 0.3) is 0 Å². The second-order valence-electron chi connectivity index (χ2n) is 5.64. The highest BCUT2D eigenvalue weighted by Gasteiger charge is 2.36. The summed E-state index contributed by atoms with van der Waals surface area (Å²) in [7, 11) is 2.23. The number of fused-ring (bicyclic) bond motifs is 2. The van der Waals surface area contributed by atoms with E-state index in [1.165, 1.54) is 45.6 Å². The number of nitrogens with zero attached hydrogens (tertiary/aromatic N) is 2. The first-order valence-electron chi connectivity index (χ1n) is 6.40. The van der Waals surface area contributed by atoms with Crippen LogP contribution in [0.2, 0.25) is 0 Å². The molecule has 0 N–H and O–H groups in total. The highest BCUT2D eigenvalue weighted by molar-refractivity contribution is 5.10. The molecule has 1 aliphatic heterocycles. The van der Waals surface area contributed by atoms with Gasteiger partial charge in [0.1, 0.15) is 0 Å². The first kappa shape index (κ1) is 9.86. The third kappa shape index (κ3) is 1.98. The standard InChI is InChI=1S/C13H22N2/c1-14-4-6-15(7-5-14)10-13-9-11-2-3-12(13)8-11/h2-3,11-13H,4-10H2,1H3/t11-,12-,13-/m0/s1. The van der Waals surface area contributed by atoms with E-state index in [0.29, 0.717) is 0 Å². The zero-order valence-corrected chi connectivity index (χ0v) is 9.73. The Hall–Kier alpha value is -0.340. The molecule has 1 heterocycles. The molecule has 2 fully saturated rings. The average molecular weight is 206 g/mol. The predicted molar refractivity (Wildman–Crippen MR) is 62.8 cm³/mol. The lowest BCUT2D eigenvalue weighted by atomic mass is 9.93. The van der Waals surface area contributed by atoms with Gasteiger partial charge in [0, 0.05) is 32.7 Å². The smallest absolute Gasteiger partial charge is 0.0110 e. The Morgan fingerprint density at radius 1 is 1.07 bits per heavy atom. The first-order chi connectivity index (χ1) is 7.31. The molecule has 2 aliphatic carbocycles. The maximum absolute atomic E-state index is 2.68. The number of hydrogen-bond acceptors (Lipinski definition) is 2. The molecule has 2 heteroatoms. The Bertz CT molecular complexity index is 253. The summed E-state index contributed by atoms with van der Waals surface area (Å²) in [5, 5.41) is 0. The topological polar surface area (TPSA) is 6.48 Å². The lowest BCUT2D eigenvalue weighted by Crippen LogP contribution is -2.46. The molecule has 0 aromatic carbocycles. The summed E-state index contributed by atoms with van der Waals surface area (Å²) in [6, 6.07) is 0. The highest BCUT2D eigenvalue weighted by atomic mass is 15.2. The van der Waals surface area contributed by atoms with E-state index in [1.807, 2.05) is 0 Å². The van der Waals surface area contributed by atoms with Crippen LogP contribution >= 0.6 is 0 Å². The molecule has 0 aromatic rings. The number of piperazine rings is 1. The van der Waals surface area contributed by atoms with Gasteiger partial charge in [-0.2, -0.15) is 0 Å². The van der Waals surface area contributed by atoms with Gasteiger partial charge in [-0.25, -0.2) is 0 Å². The summed E-state index contributed by atoms with van der Waals surface area (Å²) in [6.45, 7) is 6.45. The van der Waals surface area contributed by atoms with Crippen molar-refractivity contribution in [3.63, 3.8) is 0 Å². The van der Waals surface area contributed by atoms with Crippen LogP contribution in [0, 0.1) is 17.8 Å². The molecule has 15 heavy (non-hydrogen) atoms. The largest absolute Gasteiger partial charge is 0.304 e. The van der Waals surface area contributed by atoms with Crippen LogP contribution in [-0.2, 0) is 0 Å². The summed E-state index contributed by atoms with van der Waals surface area (Å²) < 4.78 is 0. The zero-order chi connectivity index (χ0) is 10.3. The predicted octanol–water partition coefficient (Wildman–Crippen LogP) is 1.45. The fourth-order valence-electron chi connectivity index (χ4n) is 3.47. The average Bonchev–Trinajstić information content (AvgIpc) is 2.83. The number of rotatable bonds is 2. The molecule has 3 atom stereocenters. The van der Waals surface area contributed by atoms with E-state index in [0.717, 1.165) is 17.8 Å². The van der Waals surface area contributed by atoms with Crippen molar-refractivity contribution < 1.29 is 0 Å². The van der Waals surface area contributed by atoms with Gasteiger partial charge in [0.2, 0.25) is 0 Å². The lowest BCUT2D eigenvalue weighted by Gasteiger charge is -2.35. The van der Waals surface area contributed by atoms with Gasteiger partial charge < -0.3 is 9.80 Å². The van der Waals surface area contributed by atoms with Crippen molar-refractivity contribution in [2.75, 3.05) is 39.8 Å². The molecule has 3 aliphatic rings. The molecule has 0 unspecified atom stereocenters. The van der Waals surface area contributed by atoms with Crippen molar-refractivity contribution in [1.29, 1.82) is 0 Å². The SMILES string of the molecule is CN1CCN(C[C@@H]2C[C@H]3C=C[C@H]2C3)CC1.